The van der Waals surface area contributed by atoms with Crippen molar-refractivity contribution in [3.8, 4) is 22.9 Å². The van der Waals surface area contributed by atoms with E-state index in [4.69, 9.17) is 30.8 Å². The Morgan fingerprint density at radius 3 is 2.38 bits per heavy atom. The lowest BCUT2D eigenvalue weighted by atomic mass is 10.1. The first-order valence-corrected chi connectivity index (χ1v) is 15.2. The maximum Gasteiger partial charge on any atom is 0.270 e. The van der Waals surface area contributed by atoms with Crippen molar-refractivity contribution in [1.29, 1.82) is 0 Å². The minimum absolute atomic E-state index is 0.0668. The molecule has 0 fully saturated rings. The summed E-state index contributed by atoms with van der Waals surface area (Å²) in [5.41, 5.74) is 1.41. The molecule has 5 aromatic rings. The van der Waals surface area contributed by atoms with Crippen LogP contribution in [0.5, 0.6) is 17.2 Å². The van der Waals surface area contributed by atoms with Gasteiger partial charge in [-0.05, 0) is 80.4 Å². The molecular weight excluding hydrogens is 624 g/mol. The molecule has 0 spiro atoms. The second kappa shape index (κ2) is 14.3. The fourth-order valence-corrected chi connectivity index (χ4v) is 5.64. The molecule has 0 saturated carbocycles. The monoisotopic (exact) mass is 656 g/mol. The van der Waals surface area contributed by atoms with Gasteiger partial charge in [0.2, 0.25) is 0 Å². The molecule has 0 aliphatic carbocycles. The number of non-ortho nitro benzene ring substituents is 1. The van der Waals surface area contributed by atoms with Crippen molar-refractivity contribution in [2.75, 3.05) is 27.4 Å². The Hall–Kier alpha value is -5.42. The SMILES string of the molecule is CCOc1ccc(-n2c(C(C)N(CCc3ccc(OC)c(OC)c3)C(=O)c3ccc([N+](=O)[O-])cc3Cl)nc3ccccc3c2=O)cc1. The minimum Gasteiger partial charge on any atom is -0.494 e. The molecule has 0 aliphatic rings. The van der Waals surface area contributed by atoms with Gasteiger partial charge in [-0.3, -0.25) is 24.3 Å². The lowest BCUT2D eigenvalue weighted by molar-refractivity contribution is -0.384. The third kappa shape index (κ3) is 6.90. The van der Waals surface area contributed by atoms with Crippen LogP contribution in [0.1, 0.15) is 41.6 Å². The number of amides is 1. The lowest BCUT2D eigenvalue weighted by Crippen LogP contribution is -2.39. The van der Waals surface area contributed by atoms with E-state index in [1.54, 1.807) is 80.6 Å². The van der Waals surface area contributed by atoms with Crippen molar-refractivity contribution in [2.45, 2.75) is 26.3 Å². The van der Waals surface area contributed by atoms with E-state index in [9.17, 15) is 19.7 Å². The third-order valence-electron chi connectivity index (χ3n) is 7.79. The normalized spacial score (nSPS) is 11.6. The summed E-state index contributed by atoms with van der Waals surface area (Å²) in [7, 11) is 3.09. The number of rotatable bonds is 12. The summed E-state index contributed by atoms with van der Waals surface area (Å²) in [6, 6.07) is 22.5. The molecule has 242 valence electrons. The van der Waals surface area contributed by atoms with E-state index in [0.29, 0.717) is 52.7 Å². The number of nitrogens with zero attached hydrogens (tertiary/aromatic N) is 4. The zero-order valence-corrected chi connectivity index (χ0v) is 27.1. The van der Waals surface area contributed by atoms with Crippen molar-refractivity contribution in [1.82, 2.24) is 14.5 Å². The Morgan fingerprint density at radius 2 is 1.72 bits per heavy atom. The maximum absolute atomic E-state index is 14.3. The molecule has 11 nitrogen and oxygen atoms in total. The van der Waals surface area contributed by atoms with E-state index in [0.717, 1.165) is 11.6 Å². The Kier molecular flexibility index (Phi) is 10.1. The highest BCUT2D eigenvalue weighted by molar-refractivity contribution is 6.34. The average molecular weight is 657 g/mol. The molecule has 0 radical (unpaired) electrons. The van der Waals surface area contributed by atoms with Crippen molar-refractivity contribution >= 4 is 34.1 Å². The van der Waals surface area contributed by atoms with Gasteiger partial charge in [-0.2, -0.15) is 0 Å². The minimum atomic E-state index is -0.766. The number of para-hydroxylation sites is 1. The number of carbonyl (C=O) groups excluding carboxylic acids is 1. The summed E-state index contributed by atoms with van der Waals surface area (Å²) in [5, 5.41) is 11.7. The molecule has 5 rings (SSSR count). The molecule has 47 heavy (non-hydrogen) atoms. The number of fused-ring (bicyclic) bond motifs is 1. The highest BCUT2D eigenvalue weighted by Crippen LogP contribution is 2.31. The second-order valence-corrected chi connectivity index (χ2v) is 11.0. The number of ether oxygens (including phenoxy) is 3. The molecule has 12 heteroatoms. The molecule has 0 bridgehead atoms. The number of nitro groups is 1. The fraction of sp³-hybridized carbons (Fsp3) is 0.229. The Morgan fingerprint density at radius 1 is 1.00 bits per heavy atom. The van der Waals surface area contributed by atoms with Gasteiger partial charge in [0.25, 0.3) is 17.2 Å². The highest BCUT2D eigenvalue weighted by Gasteiger charge is 2.29. The van der Waals surface area contributed by atoms with Crippen LogP contribution in [0.2, 0.25) is 5.02 Å². The Balaban J connectivity index is 1.64. The number of aromatic nitrogens is 2. The average Bonchev–Trinajstić information content (AvgIpc) is 3.08. The smallest absolute Gasteiger partial charge is 0.270 e. The van der Waals surface area contributed by atoms with Crippen molar-refractivity contribution in [2.24, 2.45) is 0 Å². The number of hydrogen-bond donors (Lipinski definition) is 0. The number of carbonyl (C=O) groups is 1. The van der Waals surface area contributed by atoms with Gasteiger partial charge in [-0.25, -0.2) is 4.98 Å². The molecule has 0 saturated heterocycles. The van der Waals surface area contributed by atoms with Crippen LogP contribution < -0.4 is 19.8 Å². The lowest BCUT2D eigenvalue weighted by Gasteiger charge is -2.31. The molecule has 0 N–H and O–H groups in total. The van der Waals surface area contributed by atoms with Crippen LogP contribution in [0, 0.1) is 10.1 Å². The number of hydrogen-bond acceptors (Lipinski definition) is 8. The van der Waals surface area contributed by atoms with E-state index in [2.05, 4.69) is 0 Å². The van der Waals surface area contributed by atoms with Crippen molar-refractivity contribution < 1.29 is 23.9 Å². The number of nitro benzene ring substituents is 1. The first kappa shape index (κ1) is 33.0. The fourth-order valence-electron chi connectivity index (χ4n) is 5.38. The third-order valence-corrected chi connectivity index (χ3v) is 8.11. The first-order valence-electron chi connectivity index (χ1n) is 14.9. The molecule has 1 atom stereocenters. The predicted molar refractivity (Wildman–Crippen MR) is 179 cm³/mol. The van der Waals surface area contributed by atoms with Gasteiger partial charge in [-0.15, -0.1) is 0 Å². The van der Waals surface area contributed by atoms with Crippen LogP contribution in [0.15, 0.2) is 89.7 Å². The van der Waals surface area contributed by atoms with E-state index in [-0.39, 0.29) is 28.4 Å². The molecule has 1 aromatic heterocycles. The van der Waals surface area contributed by atoms with E-state index >= 15 is 0 Å². The summed E-state index contributed by atoms with van der Waals surface area (Å²) in [4.78, 5) is 45.7. The topological polar surface area (TPSA) is 126 Å². The van der Waals surface area contributed by atoms with Gasteiger partial charge in [0.15, 0.2) is 11.5 Å². The van der Waals surface area contributed by atoms with Crippen LogP contribution in [0.25, 0.3) is 16.6 Å². The summed E-state index contributed by atoms with van der Waals surface area (Å²) >= 11 is 6.46. The molecular formula is C35H33ClN4O7. The van der Waals surface area contributed by atoms with Crippen molar-refractivity contribution in [3.05, 3.63) is 127 Å². The molecule has 1 heterocycles. The first-order chi connectivity index (χ1) is 22.7. The molecule has 4 aromatic carbocycles. The molecule has 1 amide bonds. The maximum atomic E-state index is 14.3. The Labute approximate surface area is 276 Å². The van der Waals surface area contributed by atoms with E-state index in [1.165, 1.54) is 16.7 Å². The summed E-state index contributed by atoms with van der Waals surface area (Å²) in [6.45, 7) is 4.33. The Bertz CT molecular complexity index is 2000. The largest absolute Gasteiger partial charge is 0.494 e. The van der Waals surface area contributed by atoms with Crippen LogP contribution in [0.4, 0.5) is 5.69 Å². The summed E-state index contributed by atoms with van der Waals surface area (Å²) in [6.07, 6.45) is 0.391. The van der Waals surface area contributed by atoms with Gasteiger partial charge in [0.05, 0.1) is 59.0 Å². The van der Waals surface area contributed by atoms with Crippen LogP contribution in [0.3, 0.4) is 0 Å². The van der Waals surface area contributed by atoms with E-state index in [1.807, 2.05) is 19.1 Å². The zero-order valence-electron chi connectivity index (χ0n) is 26.3. The van der Waals surface area contributed by atoms with Gasteiger partial charge >= 0.3 is 0 Å². The highest BCUT2D eigenvalue weighted by atomic mass is 35.5. The van der Waals surface area contributed by atoms with Gasteiger partial charge in [0.1, 0.15) is 11.6 Å². The van der Waals surface area contributed by atoms with Gasteiger partial charge < -0.3 is 19.1 Å². The van der Waals surface area contributed by atoms with E-state index < -0.39 is 16.9 Å². The molecule has 1 unspecified atom stereocenters. The number of methoxy groups -OCH3 is 2. The van der Waals surface area contributed by atoms with Crippen LogP contribution in [-0.2, 0) is 6.42 Å². The van der Waals surface area contributed by atoms with Crippen LogP contribution in [-0.4, -0.2) is 52.7 Å². The number of halogens is 1. The zero-order chi connectivity index (χ0) is 33.7. The summed E-state index contributed by atoms with van der Waals surface area (Å²) in [5.74, 6) is 1.58. The van der Waals surface area contributed by atoms with Gasteiger partial charge in [-0.1, -0.05) is 29.8 Å². The van der Waals surface area contributed by atoms with Crippen LogP contribution >= 0.6 is 11.6 Å². The van der Waals surface area contributed by atoms with Crippen molar-refractivity contribution in [3.63, 3.8) is 0 Å². The molecule has 0 aliphatic heterocycles. The second-order valence-electron chi connectivity index (χ2n) is 10.6. The quantitative estimate of drug-likeness (QED) is 0.106. The van der Waals surface area contributed by atoms with Gasteiger partial charge in [0, 0.05) is 18.7 Å². The predicted octanol–water partition coefficient (Wildman–Crippen LogP) is 6.81. The number of benzene rings is 4. The summed E-state index contributed by atoms with van der Waals surface area (Å²) < 4.78 is 17.9. The standard InChI is InChI=1S/C35H33ClN4O7/c1-5-47-26-14-11-24(12-15-26)39-33(37-30-9-7-6-8-28(30)35(39)42)22(2)38(19-18-23-10-17-31(45-3)32(20-23)46-4)34(41)27-16-13-25(40(43)44)21-29(27)36/h6-17,20-22H,5,18-19H2,1-4H3.